The molecule has 0 spiro atoms. The number of ether oxygens (including phenoxy) is 4. The summed E-state index contributed by atoms with van der Waals surface area (Å²) in [7, 11) is 3.12. The number of hydrogen-bond donors (Lipinski definition) is 0. The van der Waals surface area contributed by atoms with Gasteiger partial charge in [-0.3, -0.25) is 0 Å². The van der Waals surface area contributed by atoms with E-state index in [1.54, 1.807) is 19.1 Å². The van der Waals surface area contributed by atoms with E-state index in [1.165, 1.54) is 0 Å². The van der Waals surface area contributed by atoms with Crippen molar-refractivity contribution in [3.63, 3.8) is 0 Å². The molecule has 6 nitrogen and oxygen atoms in total. The quantitative estimate of drug-likeness (QED) is 0.716. The number of nitrogens with zero attached hydrogens (tertiary/aromatic N) is 1. The molecule has 1 heterocycles. The van der Waals surface area contributed by atoms with E-state index in [1.807, 2.05) is 30.3 Å². The Morgan fingerprint density at radius 2 is 1.90 bits per heavy atom. The minimum absolute atomic E-state index is 0.0158. The molecule has 0 N–H and O–H groups in total. The molecule has 21 heavy (non-hydrogen) atoms. The molecule has 1 aliphatic rings. The monoisotopic (exact) mass is 295 g/mol. The van der Waals surface area contributed by atoms with Gasteiger partial charge in [0, 0.05) is 14.2 Å². The van der Waals surface area contributed by atoms with E-state index >= 15 is 0 Å². The largest absolute Gasteiger partial charge is 0.445 e. The number of likely N-dealkylation sites (tertiary alicyclic amines) is 1. The van der Waals surface area contributed by atoms with Crippen molar-refractivity contribution in [2.24, 2.45) is 0 Å². The molecular formula is C15H21NO5. The third-order valence-electron chi connectivity index (χ3n) is 3.31. The maximum atomic E-state index is 11.8. The molecule has 0 unspecified atom stereocenters. The van der Waals surface area contributed by atoms with E-state index in [2.05, 4.69) is 0 Å². The minimum atomic E-state index is -0.371. The lowest BCUT2D eigenvalue weighted by molar-refractivity contribution is -0.165. The number of rotatable bonds is 7. The first-order valence-corrected chi connectivity index (χ1v) is 6.85. The second-order valence-electron chi connectivity index (χ2n) is 4.80. The molecule has 1 amide bonds. The summed E-state index contributed by atoms with van der Waals surface area (Å²) < 4.78 is 20.9. The summed E-state index contributed by atoms with van der Waals surface area (Å²) in [6, 6.07) is 9.60. The van der Waals surface area contributed by atoms with Gasteiger partial charge in [-0.2, -0.15) is 0 Å². The zero-order valence-corrected chi connectivity index (χ0v) is 12.4. The zero-order valence-electron chi connectivity index (χ0n) is 12.4. The topological polar surface area (TPSA) is 57.2 Å². The van der Waals surface area contributed by atoms with E-state index in [4.69, 9.17) is 18.9 Å². The number of amides is 1. The van der Waals surface area contributed by atoms with Crippen LogP contribution in [0.15, 0.2) is 30.3 Å². The average Bonchev–Trinajstić information content (AvgIpc) is 2.48. The second kappa shape index (κ2) is 7.97. The van der Waals surface area contributed by atoms with Crippen molar-refractivity contribution in [3.8, 4) is 0 Å². The molecule has 6 heteroatoms. The van der Waals surface area contributed by atoms with Crippen LogP contribution in [-0.2, 0) is 25.6 Å². The normalized spacial score (nSPS) is 15.1. The molecule has 0 atom stereocenters. The number of carbonyl (C=O) groups excluding carboxylic acids is 1. The summed E-state index contributed by atoms with van der Waals surface area (Å²) in [5.41, 5.74) is 0.974. The molecule has 116 valence electrons. The highest BCUT2D eigenvalue weighted by molar-refractivity contribution is 5.68. The Hall–Kier alpha value is -1.63. The second-order valence-corrected chi connectivity index (χ2v) is 4.80. The summed E-state index contributed by atoms with van der Waals surface area (Å²) in [4.78, 5) is 13.4. The van der Waals surface area contributed by atoms with Crippen LogP contribution in [0.2, 0.25) is 0 Å². The van der Waals surface area contributed by atoms with E-state index in [0.717, 1.165) is 5.56 Å². The van der Waals surface area contributed by atoms with Crippen molar-refractivity contribution in [1.82, 2.24) is 4.90 Å². The fourth-order valence-corrected chi connectivity index (χ4v) is 1.95. The first-order valence-electron chi connectivity index (χ1n) is 6.85. The van der Waals surface area contributed by atoms with Crippen molar-refractivity contribution in [3.05, 3.63) is 35.9 Å². The van der Waals surface area contributed by atoms with Gasteiger partial charge in [0.2, 0.25) is 0 Å². The van der Waals surface area contributed by atoms with Crippen LogP contribution in [-0.4, -0.2) is 57.3 Å². The van der Waals surface area contributed by atoms with Crippen molar-refractivity contribution in [2.75, 3.05) is 33.9 Å². The van der Waals surface area contributed by atoms with Gasteiger partial charge in [0.05, 0.1) is 25.8 Å². The minimum Gasteiger partial charge on any atom is -0.445 e. The lowest BCUT2D eigenvalue weighted by Crippen LogP contribution is -2.55. The average molecular weight is 295 g/mol. The van der Waals surface area contributed by atoms with Crippen molar-refractivity contribution < 1.29 is 23.7 Å². The van der Waals surface area contributed by atoms with Gasteiger partial charge in [-0.05, 0) is 5.56 Å². The third-order valence-corrected chi connectivity index (χ3v) is 3.31. The Balaban J connectivity index is 1.61. The van der Waals surface area contributed by atoms with Gasteiger partial charge in [0.1, 0.15) is 6.61 Å². The molecule has 2 rings (SSSR count). The fraction of sp³-hybridized carbons (Fsp3) is 0.533. The third kappa shape index (κ3) is 4.70. The van der Waals surface area contributed by atoms with Crippen LogP contribution < -0.4 is 0 Å². The van der Waals surface area contributed by atoms with E-state index in [9.17, 15) is 4.79 Å². The van der Waals surface area contributed by atoms with Gasteiger partial charge < -0.3 is 23.8 Å². The van der Waals surface area contributed by atoms with Crippen LogP contribution in [0.5, 0.6) is 0 Å². The van der Waals surface area contributed by atoms with Crippen LogP contribution in [0, 0.1) is 0 Å². The molecule has 1 aromatic carbocycles. The molecule has 1 saturated heterocycles. The van der Waals surface area contributed by atoms with Gasteiger partial charge in [-0.15, -0.1) is 0 Å². The van der Waals surface area contributed by atoms with Crippen LogP contribution in [0.3, 0.4) is 0 Å². The predicted molar refractivity (Wildman–Crippen MR) is 75.7 cm³/mol. The van der Waals surface area contributed by atoms with Crippen molar-refractivity contribution in [2.45, 2.75) is 19.0 Å². The molecule has 0 aliphatic carbocycles. The number of carbonyl (C=O) groups is 1. The molecule has 0 saturated carbocycles. The maximum absolute atomic E-state index is 11.8. The first kappa shape index (κ1) is 15.8. The smallest absolute Gasteiger partial charge is 0.410 e. The van der Waals surface area contributed by atoms with Gasteiger partial charge in [-0.1, -0.05) is 30.3 Å². The fourth-order valence-electron chi connectivity index (χ4n) is 1.95. The Labute approximate surface area is 124 Å². The summed E-state index contributed by atoms with van der Waals surface area (Å²) in [6.07, 6.45) is -0.667. The molecule has 1 aromatic rings. The van der Waals surface area contributed by atoms with Crippen LogP contribution in [0.25, 0.3) is 0 Å². The lowest BCUT2D eigenvalue weighted by atomic mass is 10.2. The molecule has 1 aliphatic heterocycles. The molecule has 1 fully saturated rings. The molecular weight excluding hydrogens is 274 g/mol. The maximum Gasteiger partial charge on any atom is 0.410 e. The van der Waals surface area contributed by atoms with Gasteiger partial charge >= 0.3 is 6.09 Å². The van der Waals surface area contributed by atoms with Crippen molar-refractivity contribution in [1.29, 1.82) is 0 Å². The number of hydrogen-bond acceptors (Lipinski definition) is 5. The molecule has 0 aromatic heterocycles. The standard InChI is InChI=1S/C15H21NO5/c1-18-14(19-2)11-20-13-8-16(9-13)15(17)21-10-12-6-4-3-5-7-12/h3-7,13-14H,8-11H2,1-2H3. The van der Waals surface area contributed by atoms with Crippen molar-refractivity contribution >= 4 is 6.09 Å². The zero-order chi connectivity index (χ0) is 15.1. The Bertz CT molecular complexity index is 429. The Morgan fingerprint density at radius 3 is 2.52 bits per heavy atom. The van der Waals surface area contributed by atoms with Crippen LogP contribution >= 0.6 is 0 Å². The first-order chi connectivity index (χ1) is 10.2. The summed E-state index contributed by atoms with van der Waals surface area (Å²) in [5.74, 6) is 0. The SMILES string of the molecule is COC(COC1CN(C(=O)OCc2ccccc2)C1)OC. The van der Waals surface area contributed by atoms with Gasteiger partial charge in [0.15, 0.2) is 6.29 Å². The van der Waals surface area contributed by atoms with Gasteiger partial charge in [0.25, 0.3) is 0 Å². The van der Waals surface area contributed by atoms with Crippen LogP contribution in [0.1, 0.15) is 5.56 Å². The van der Waals surface area contributed by atoms with Crippen LogP contribution in [0.4, 0.5) is 4.79 Å². The lowest BCUT2D eigenvalue weighted by Gasteiger charge is -2.38. The Morgan fingerprint density at radius 1 is 1.24 bits per heavy atom. The molecule has 0 radical (unpaired) electrons. The highest BCUT2D eigenvalue weighted by Gasteiger charge is 2.32. The summed E-state index contributed by atoms with van der Waals surface area (Å²) in [6.45, 7) is 1.71. The summed E-state index contributed by atoms with van der Waals surface area (Å²) in [5, 5.41) is 0. The molecule has 0 bridgehead atoms. The van der Waals surface area contributed by atoms with E-state index < -0.39 is 0 Å². The highest BCUT2D eigenvalue weighted by atomic mass is 16.7. The van der Waals surface area contributed by atoms with E-state index in [0.29, 0.717) is 19.7 Å². The Kier molecular flexibility index (Phi) is 5.98. The predicted octanol–water partition coefficient (Wildman–Crippen LogP) is 1.64. The summed E-state index contributed by atoms with van der Waals surface area (Å²) >= 11 is 0. The van der Waals surface area contributed by atoms with E-state index in [-0.39, 0.29) is 25.1 Å². The number of methoxy groups -OCH3 is 2. The van der Waals surface area contributed by atoms with Gasteiger partial charge in [-0.25, -0.2) is 4.79 Å². The number of benzene rings is 1. The highest BCUT2D eigenvalue weighted by Crippen LogP contribution is 2.14.